The van der Waals surface area contributed by atoms with Crippen molar-refractivity contribution in [1.82, 2.24) is 5.32 Å². The summed E-state index contributed by atoms with van der Waals surface area (Å²) in [6.45, 7) is 2.06. The van der Waals surface area contributed by atoms with Crippen molar-refractivity contribution in [1.29, 1.82) is 0 Å². The lowest BCUT2D eigenvalue weighted by Crippen LogP contribution is -2.36. The van der Waals surface area contributed by atoms with Gasteiger partial charge in [0.2, 0.25) is 0 Å². The number of hydrogen-bond donors (Lipinski definition) is 1. The highest BCUT2D eigenvalue weighted by molar-refractivity contribution is 5.90. The number of carbonyl (C=O) groups excluding carboxylic acids is 2. The zero-order valence-electron chi connectivity index (χ0n) is 15.8. The van der Waals surface area contributed by atoms with Crippen LogP contribution < -0.4 is 10.1 Å². The maximum Gasteiger partial charge on any atom is 0.331 e. The number of ether oxygens (including phenoxy) is 2. The van der Waals surface area contributed by atoms with E-state index >= 15 is 0 Å². The molecule has 1 aliphatic rings. The molecule has 5 nitrogen and oxygen atoms in total. The summed E-state index contributed by atoms with van der Waals surface area (Å²) in [5, 5.41) is 2.78. The lowest BCUT2D eigenvalue weighted by Gasteiger charge is -2.15. The fourth-order valence-electron chi connectivity index (χ4n) is 2.84. The van der Waals surface area contributed by atoms with E-state index in [-0.39, 0.29) is 11.7 Å². The van der Waals surface area contributed by atoms with E-state index in [0.717, 1.165) is 25.3 Å². The zero-order valence-corrected chi connectivity index (χ0v) is 15.8. The zero-order chi connectivity index (χ0) is 19.6. The summed E-state index contributed by atoms with van der Waals surface area (Å²) in [5.41, 5.74) is 1.86. The Bertz CT molecular complexity index is 727. The van der Waals surface area contributed by atoms with Crippen LogP contribution in [0.15, 0.2) is 35.9 Å². The van der Waals surface area contributed by atoms with Gasteiger partial charge in [0.05, 0.1) is 7.11 Å². The van der Waals surface area contributed by atoms with Gasteiger partial charge >= 0.3 is 5.97 Å². The Morgan fingerprint density at radius 3 is 2.81 bits per heavy atom. The average Bonchev–Trinajstić information content (AvgIpc) is 2.67. The molecule has 0 unspecified atom stereocenters. The molecule has 1 aliphatic carbocycles. The number of rotatable bonds is 8. The van der Waals surface area contributed by atoms with Gasteiger partial charge in [0.25, 0.3) is 5.91 Å². The summed E-state index contributed by atoms with van der Waals surface area (Å²) in [6.07, 6.45) is 9.41. The van der Waals surface area contributed by atoms with Crippen LogP contribution >= 0.6 is 0 Å². The molecule has 0 heterocycles. The minimum Gasteiger partial charge on any atom is -0.494 e. The Kier molecular flexibility index (Phi) is 8.04. The monoisotopic (exact) mass is 375 g/mol. The topological polar surface area (TPSA) is 64.6 Å². The number of benzene rings is 1. The molecule has 0 aromatic heterocycles. The fraction of sp³-hybridized carbons (Fsp3) is 0.429. The van der Waals surface area contributed by atoms with Crippen molar-refractivity contribution in [3.8, 4) is 5.75 Å². The molecule has 27 heavy (non-hydrogen) atoms. The molecule has 0 bridgehead atoms. The summed E-state index contributed by atoms with van der Waals surface area (Å²) < 4.78 is 23.5. The average molecular weight is 375 g/mol. The van der Waals surface area contributed by atoms with Crippen LogP contribution in [0.5, 0.6) is 5.75 Å². The van der Waals surface area contributed by atoms with Gasteiger partial charge in [-0.05, 0) is 62.8 Å². The minimum absolute atomic E-state index is 0.129. The van der Waals surface area contributed by atoms with E-state index < -0.39 is 17.9 Å². The van der Waals surface area contributed by atoms with Gasteiger partial charge in [-0.2, -0.15) is 0 Å². The number of hydrogen-bond acceptors (Lipinski definition) is 4. The molecule has 0 aliphatic heterocycles. The first-order valence-electron chi connectivity index (χ1n) is 9.17. The van der Waals surface area contributed by atoms with Crippen LogP contribution in [0, 0.1) is 5.82 Å². The van der Waals surface area contributed by atoms with Crippen molar-refractivity contribution >= 4 is 18.0 Å². The first kappa shape index (κ1) is 20.7. The molecular formula is C21H26FNO4. The number of amides is 1. The third-order valence-corrected chi connectivity index (χ3v) is 4.38. The number of carbonyl (C=O) groups is 2. The number of esters is 1. The van der Waals surface area contributed by atoms with Crippen LogP contribution in [0.25, 0.3) is 6.08 Å². The summed E-state index contributed by atoms with van der Waals surface area (Å²) in [4.78, 5) is 23.9. The van der Waals surface area contributed by atoms with E-state index in [1.54, 1.807) is 6.07 Å². The SMILES string of the molecule is COc1ccc(/C=C/C(=O)O[C@@H](C)C(=O)NCCC2=CCCCC2)cc1F. The molecular weight excluding hydrogens is 349 g/mol. The predicted molar refractivity (Wildman–Crippen MR) is 102 cm³/mol. The van der Waals surface area contributed by atoms with Gasteiger partial charge in [0, 0.05) is 12.6 Å². The third kappa shape index (κ3) is 6.89. The normalized spacial score (nSPS) is 15.1. The van der Waals surface area contributed by atoms with Crippen molar-refractivity contribution in [2.24, 2.45) is 0 Å². The van der Waals surface area contributed by atoms with Gasteiger partial charge in [0.1, 0.15) is 0 Å². The number of methoxy groups -OCH3 is 1. The van der Waals surface area contributed by atoms with E-state index in [2.05, 4.69) is 11.4 Å². The number of allylic oxidation sites excluding steroid dienone is 1. The summed E-state index contributed by atoms with van der Waals surface area (Å²) >= 11 is 0. The molecule has 146 valence electrons. The van der Waals surface area contributed by atoms with Crippen LogP contribution in [0.2, 0.25) is 0 Å². The van der Waals surface area contributed by atoms with Crippen LogP contribution in [0.3, 0.4) is 0 Å². The Labute approximate surface area is 159 Å². The van der Waals surface area contributed by atoms with Gasteiger partial charge in [0.15, 0.2) is 17.7 Å². The molecule has 1 aromatic rings. The van der Waals surface area contributed by atoms with E-state index in [1.165, 1.54) is 50.7 Å². The highest BCUT2D eigenvalue weighted by Crippen LogP contribution is 2.19. The second-order valence-corrected chi connectivity index (χ2v) is 6.46. The van der Waals surface area contributed by atoms with Crippen LogP contribution in [-0.2, 0) is 14.3 Å². The molecule has 1 aromatic carbocycles. The molecule has 6 heteroatoms. The minimum atomic E-state index is -0.893. The quantitative estimate of drug-likeness (QED) is 0.427. The molecule has 0 fully saturated rings. The molecule has 0 saturated carbocycles. The standard InChI is InChI=1S/C21H26FNO4/c1-15(21(25)23-13-12-16-6-4-3-5-7-16)27-20(24)11-9-17-8-10-19(26-2)18(22)14-17/h6,8-11,14-15H,3-5,7,12-13H2,1-2H3,(H,23,25)/b11-9+/t15-/m0/s1. The molecule has 1 N–H and O–H groups in total. The van der Waals surface area contributed by atoms with Crippen LogP contribution in [-0.4, -0.2) is 31.6 Å². The van der Waals surface area contributed by atoms with E-state index in [1.807, 2.05) is 0 Å². The number of halogens is 1. The van der Waals surface area contributed by atoms with Gasteiger partial charge in [-0.3, -0.25) is 4.79 Å². The maximum atomic E-state index is 13.6. The molecule has 1 amide bonds. The lowest BCUT2D eigenvalue weighted by atomic mass is 9.97. The Morgan fingerprint density at radius 2 is 2.15 bits per heavy atom. The van der Waals surface area contributed by atoms with E-state index in [0.29, 0.717) is 12.1 Å². The van der Waals surface area contributed by atoms with Crippen molar-refractivity contribution in [2.45, 2.75) is 45.1 Å². The predicted octanol–water partition coefficient (Wildman–Crippen LogP) is 3.79. The highest BCUT2D eigenvalue weighted by atomic mass is 19.1. The highest BCUT2D eigenvalue weighted by Gasteiger charge is 2.16. The van der Waals surface area contributed by atoms with Gasteiger partial charge in [-0.25, -0.2) is 9.18 Å². The van der Waals surface area contributed by atoms with Crippen molar-refractivity contribution in [2.75, 3.05) is 13.7 Å². The molecule has 1 atom stereocenters. The first-order valence-corrected chi connectivity index (χ1v) is 9.17. The lowest BCUT2D eigenvalue weighted by molar-refractivity contribution is -0.150. The molecule has 0 spiro atoms. The van der Waals surface area contributed by atoms with E-state index in [9.17, 15) is 14.0 Å². The van der Waals surface area contributed by atoms with E-state index in [4.69, 9.17) is 9.47 Å². The Balaban J connectivity index is 1.75. The fourth-order valence-corrected chi connectivity index (χ4v) is 2.84. The van der Waals surface area contributed by atoms with Crippen molar-refractivity contribution < 1.29 is 23.5 Å². The molecule has 0 radical (unpaired) electrons. The van der Waals surface area contributed by atoms with Crippen LogP contribution in [0.1, 0.15) is 44.6 Å². The Hall–Kier alpha value is -2.63. The van der Waals surface area contributed by atoms with Crippen LogP contribution in [0.4, 0.5) is 4.39 Å². The second kappa shape index (κ2) is 10.5. The molecule has 0 saturated heterocycles. The first-order chi connectivity index (χ1) is 13.0. The maximum absolute atomic E-state index is 13.6. The second-order valence-electron chi connectivity index (χ2n) is 6.46. The summed E-state index contributed by atoms with van der Waals surface area (Å²) in [5.74, 6) is -1.38. The third-order valence-electron chi connectivity index (χ3n) is 4.38. The number of nitrogens with one attached hydrogen (secondary N) is 1. The summed E-state index contributed by atoms with van der Waals surface area (Å²) in [6, 6.07) is 4.33. The summed E-state index contributed by atoms with van der Waals surface area (Å²) in [7, 11) is 1.38. The van der Waals surface area contributed by atoms with Gasteiger partial charge in [-0.15, -0.1) is 0 Å². The van der Waals surface area contributed by atoms with Crippen molar-refractivity contribution in [3.63, 3.8) is 0 Å². The van der Waals surface area contributed by atoms with Crippen molar-refractivity contribution in [3.05, 3.63) is 47.3 Å². The largest absolute Gasteiger partial charge is 0.494 e. The van der Waals surface area contributed by atoms with Gasteiger partial charge < -0.3 is 14.8 Å². The van der Waals surface area contributed by atoms with Gasteiger partial charge in [-0.1, -0.05) is 17.7 Å². The smallest absolute Gasteiger partial charge is 0.331 e. The molecule has 2 rings (SSSR count). The Morgan fingerprint density at radius 1 is 1.33 bits per heavy atom.